The summed E-state index contributed by atoms with van der Waals surface area (Å²) in [6.07, 6.45) is 0.337. The highest BCUT2D eigenvalue weighted by Gasteiger charge is 2.33. The lowest BCUT2D eigenvalue weighted by Crippen LogP contribution is -2.51. The van der Waals surface area contributed by atoms with Crippen molar-refractivity contribution in [3.8, 4) is 11.5 Å². The van der Waals surface area contributed by atoms with Gasteiger partial charge in [0, 0.05) is 13.6 Å². The summed E-state index contributed by atoms with van der Waals surface area (Å²) in [5, 5.41) is 2.61. The summed E-state index contributed by atoms with van der Waals surface area (Å²) in [5.41, 5.74) is 1.03. The fraction of sp³-hybridized carbons (Fsp3) is 0.286. The second kappa shape index (κ2) is 13.0. The van der Waals surface area contributed by atoms with Crippen molar-refractivity contribution in [1.29, 1.82) is 0 Å². The van der Waals surface area contributed by atoms with E-state index >= 15 is 0 Å². The van der Waals surface area contributed by atoms with Gasteiger partial charge in [-0.15, -0.1) is 0 Å². The zero-order valence-corrected chi connectivity index (χ0v) is 22.8. The number of amides is 2. The van der Waals surface area contributed by atoms with Crippen LogP contribution in [0.1, 0.15) is 18.9 Å². The van der Waals surface area contributed by atoms with E-state index in [1.54, 1.807) is 74.7 Å². The van der Waals surface area contributed by atoms with E-state index in [0.29, 0.717) is 17.9 Å². The van der Waals surface area contributed by atoms with Crippen LogP contribution in [-0.2, 0) is 26.2 Å². The molecule has 0 aromatic heterocycles. The van der Waals surface area contributed by atoms with Gasteiger partial charge in [0.15, 0.2) is 0 Å². The number of hydrogen-bond donors (Lipinski definition) is 1. The Hall–Kier alpha value is -4.05. The van der Waals surface area contributed by atoms with E-state index in [-0.39, 0.29) is 23.0 Å². The lowest BCUT2D eigenvalue weighted by atomic mass is 10.1. The third kappa shape index (κ3) is 6.63. The molecule has 10 heteroatoms. The van der Waals surface area contributed by atoms with Crippen LogP contribution < -0.4 is 19.1 Å². The Kier molecular flexibility index (Phi) is 9.72. The number of ether oxygens (including phenoxy) is 2. The van der Waals surface area contributed by atoms with E-state index in [9.17, 15) is 18.0 Å². The summed E-state index contributed by atoms with van der Waals surface area (Å²) in [5.74, 6) is 0.279. The molecule has 0 unspecified atom stereocenters. The van der Waals surface area contributed by atoms with Gasteiger partial charge >= 0.3 is 0 Å². The average molecular weight is 540 g/mol. The Bertz CT molecular complexity index is 1330. The van der Waals surface area contributed by atoms with Crippen LogP contribution in [0, 0.1) is 0 Å². The second-order valence-corrected chi connectivity index (χ2v) is 10.3. The highest BCUT2D eigenvalue weighted by atomic mass is 32.2. The second-order valence-electron chi connectivity index (χ2n) is 8.43. The third-order valence-electron chi connectivity index (χ3n) is 6.09. The first kappa shape index (κ1) is 28.5. The number of rotatable bonds is 12. The highest BCUT2D eigenvalue weighted by Crippen LogP contribution is 2.27. The van der Waals surface area contributed by atoms with Gasteiger partial charge < -0.3 is 19.7 Å². The maximum Gasteiger partial charge on any atom is 0.264 e. The lowest BCUT2D eigenvalue weighted by Gasteiger charge is -2.33. The Balaban J connectivity index is 2.05. The normalized spacial score (nSPS) is 11.8. The number of nitrogens with one attached hydrogen (secondary N) is 1. The number of hydrogen-bond acceptors (Lipinski definition) is 6. The molecule has 9 nitrogen and oxygen atoms in total. The van der Waals surface area contributed by atoms with Crippen molar-refractivity contribution < 1.29 is 27.5 Å². The summed E-state index contributed by atoms with van der Waals surface area (Å²) in [7, 11) is 0.438. The molecule has 0 saturated heterocycles. The number of benzene rings is 3. The van der Waals surface area contributed by atoms with Crippen LogP contribution in [-0.4, -0.2) is 59.0 Å². The number of anilines is 1. The van der Waals surface area contributed by atoms with Gasteiger partial charge in [0.25, 0.3) is 10.0 Å². The van der Waals surface area contributed by atoms with E-state index in [0.717, 1.165) is 9.87 Å². The van der Waals surface area contributed by atoms with Gasteiger partial charge in [-0.3, -0.25) is 13.9 Å². The molecule has 38 heavy (non-hydrogen) atoms. The predicted octanol–water partition coefficient (Wildman–Crippen LogP) is 3.45. The van der Waals surface area contributed by atoms with Crippen molar-refractivity contribution >= 4 is 27.5 Å². The number of likely N-dealkylation sites (N-methyl/N-ethyl adjacent to an activating group) is 1. The summed E-state index contributed by atoms with van der Waals surface area (Å²) in [6, 6.07) is 20.7. The molecule has 0 radical (unpaired) electrons. The van der Waals surface area contributed by atoms with Gasteiger partial charge in [-0.1, -0.05) is 37.3 Å². The van der Waals surface area contributed by atoms with Crippen molar-refractivity contribution in [3.05, 3.63) is 84.4 Å². The third-order valence-corrected chi connectivity index (χ3v) is 7.88. The highest BCUT2D eigenvalue weighted by molar-refractivity contribution is 7.92. The molecule has 1 atom stereocenters. The van der Waals surface area contributed by atoms with Gasteiger partial charge in [-0.2, -0.15) is 0 Å². The smallest absolute Gasteiger partial charge is 0.264 e. The first-order chi connectivity index (χ1) is 18.2. The number of nitrogens with zero attached hydrogens (tertiary/aromatic N) is 2. The number of carbonyl (C=O) groups is 2. The molecule has 0 fully saturated rings. The first-order valence-corrected chi connectivity index (χ1v) is 13.5. The minimum absolute atomic E-state index is 0.0429. The zero-order valence-electron chi connectivity index (χ0n) is 22.0. The van der Waals surface area contributed by atoms with Crippen molar-refractivity contribution in [2.45, 2.75) is 30.8 Å². The molecular formula is C28H33N3O6S. The van der Waals surface area contributed by atoms with Crippen LogP contribution >= 0.6 is 0 Å². The fourth-order valence-corrected chi connectivity index (χ4v) is 5.49. The van der Waals surface area contributed by atoms with Crippen molar-refractivity contribution in [3.63, 3.8) is 0 Å². The number of methoxy groups -OCH3 is 2. The predicted molar refractivity (Wildman–Crippen MR) is 146 cm³/mol. The van der Waals surface area contributed by atoms with Gasteiger partial charge in [-0.05, 0) is 60.5 Å². The van der Waals surface area contributed by atoms with E-state index < -0.39 is 28.5 Å². The maximum atomic E-state index is 13.9. The molecule has 0 aliphatic heterocycles. The van der Waals surface area contributed by atoms with Crippen molar-refractivity contribution in [1.82, 2.24) is 10.2 Å². The summed E-state index contributed by atoms with van der Waals surface area (Å²) < 4.78 is 39.1. The fourth-order valence-electron chi connectivity index (χ4n) is 4.05. The molecule has 2 amide bonds. The van der Waals surface area contributed by atoms with Gasteiger partial charge in [0.2, 0.25) is 11.8 Å². The molecule has 0 heterocycles. The molecule has 1 N–H and O–H groups in total. The molecule has 3 aromatic rings. The van der Waals surface area contributed by atoms with Gasteiger partial charge in [-0.25, -0.2) is 8.42 Å². The van der Waals surface area contributed by atoms with Crippen LogP contribution in [0.5, 0.6) is 11.5 Å². The standard InChI is InChI=1S/C28H33N3O6S/c1-5-26(28(33)29-2)30(19-21-10-9-11-24(18-21)37-4)27(32)20-31(22-14-16-23(36-3)17-15-22)38(34,35)25-12-7-6-8-13-25/h6-18,26H,5,19-20H2,1-4H3,(H,29,33)/t26-/m1/s1. The molecule has 202 valence electrons. The average Bonchev–Trinajstić information content (AvgIpc) is 2.96. The summed E-state index contributed by atoms with van der Waals surface area (Å²) in [4.78, 5) is 28.1. The Morgan fingerprint density at radius 1 is 0.895 bits per heavy atom. The molecule has 0 saturated carbocycles. The Labute approximate surface area is 224 Å². The molecule has 3 rings (SSSR count). The molecule has 0 aliphatic carbocycles. The first-order valence-electron chi connectivity index (χ1n) is 12.1. The quantitative estimate of drug-likeness (QED) is 0.378. The van der Waals surface area contributed by atoms with Crippen LogP contribution in [0.25, 0.3) is 0 Å². The SMILES string of the molecule is CC[C@H](C(=O)NC)N(Cc1cccc(OC)c1)C(=O)CN(c1ccc(OC)cc1)S(=O)(=O)c1ccccc1. The Morgan fingerprint density at radius 3 is 2.13 bits per heavy atom. The molecule has 3 aromatic carbocycles. The lowest BCUT2D eigenvalue weighted by molar-refractivity contribution is -0.140. The van der Waals surface area contributed by atoms with Crippen LogP contribution in [0.3, 0.4) is 0 Å². The number of carbonyl (C=O) groups excluding carboxylic acids is 2. The minimum Gasteiger partial charge on any atom is -0.497 e. The van der Waals surface area contributed by atoms with Crippen molar-refractivity contribution in [2.24, 2.45) is 0 Å². The topological polar surface area (TPSA) is 105 Å². The van der Waals surface area contributed by atoms with E-state index in [2.05, 4.69) is 5.32 Å². The van der Waals surface area contributed by atoms with E-state index in [1.807, 2.05) is 6.07 Å². The number of sulfonamides is 1. The molecular weight excluding hydrogens is 506 g/mol. The molecule has 0 spiro atoms. The van der Waals surface area contributed by atoms with Crippen molar-refractivity contribution in [2.75, 3.05) is 32.1 Å². The van der Waals surface area contributed by atoms with Crippen LogP contribution in [0.4, 0.5) is 5.69 Å². The van der Waals surface area contributed by atoms with Crippen LogP contribution in [0.2, 0.25) is 0 Å². The monoisotopic (exact) mass is 539 g/mol. The van der Waals surface area contributed by atoms with E-state index in [1.165, 1.54) is 31.2 Å². The van der Waals surface area contributed by atoms with Crippen LogP contribution in [0.15, 0.2) is 83.8 Å². The van der Waals surface area contributed by atoms with Gasteiger partial charge in [0.05, 0.1) is 24.8 Å². The molecule has 0 bridgehead atoms. The minimum atomic E-state index is -4.12. The maximum absolute atomic E-state index is 13.9. The van der Waals surface area contributed by atoms with Gasteiger partial charge in [0.1, 0.15) is 24.1 Å². The van der Waals surface area contributed by atoms with E-state index in [4.69, 9.17) is 9.47 Å². The summed E-state index contributed by atoms with van der Waals surface area (Å²) >= 11 is 0. The summed E-state index contributed by atoms with van der Waals surface area (Å²) in [6.45, 7) is 1.37. The Morgan fingerprint density at radius 2 is 1.55 bits per heavy atom. The zero-order chi connectivity index (χ0) is 27.7. The molecule has 0 aliphatic rings. The largest absolute Gasteiger partial charge is 0.497 e.